The fourth-order valence-electron chi connectivity index (χ4n) is 2.14. The van der Waals surface area contributed by atoms with Crippen molar-refractivity contribution in [1.82, 2.24) is 9.97 Å². The van der Waals surface area contributed by atoms with E-state index in [4.69, 9.17) is 4.98 Å². The number of nitrogens with zero attached hydrogens (tertiary/aromatic N) is 2. The molecule has 0 spiro atoms. The minimum atomic E-state index is 0.912. The molecule has 1 N–H and O–H groups in total. The van der Waals surface area contributed by atoms with Crippen LogP contribution in [0.4, 0.5) is 5.82 Å². The van der Waals surface area contributed by atoms with Crippen LogP contribution in [0.1, 0.15) is 35.9 Å². The van der Waals surface area contributed by atoms with Crippen LogP contribution in [-0.2, 0) is 6.42 Å². The van der Waals surface area contributed by atoms with Gasteiger partial charge in [-0.3, -0.25) is 0 Å². The molecule has 0 aliphatic rings. The van der Waals surface area contributed by atoms with E-state index in [2.05, 4.69) is 56.2 Å². The fourth-order valence-corrected chi connectivity index (χ4v) is 3.22. The lowest BCUT2D eigenvalue weighted by Gasteiger charge is -2.13. The molecule has 0 radical (unpaired) electrons. The number of nitrogens with one attached hydrogen (secondary N) is 1. The average molecular weight is 301 g/mol. The zero-order valence-electron chi connectivity index (χ0n) is 13.4. The summed E-state index contributed by atoms with van der Waals surface area (Å²) < 4.78 is 0. The smallest absolute Gasteiger partial charge is 0.133 e. The molecule has 0 aliphatic carbocycles. The first-order valence-corrected chi connectivity index (χ1v) is 8.17. The van der Waals surface area contributed by atoms with Crippen LogP contribution in [0, 0.1) is 20.8 Å². The van der Waals surface area contributed by atoms with E-state index in [1.165, 1.54) is 16.0 Å². The number of aromatic nitrogens is 2. The van der Waals surface area contributed by atoms with Gasteiger partial charge in [-0.15, -0.1) is 0 Å². The van der Waals surface area contributed by atoms with Gasteiger partial charge >= 0.3 is 0 Å². The summed E-state index contributed by atoms with van der Waals surface area (Å²) in [5.41, 5.74) is 3.67. The third-order valence-corrected chi connectivity index (χ3v) is 4.66. The quantitative estimate of drug-likeness (QED) is 0.822. The third kappa shape index (κ3) is 3.76. The molecular weight excluding hydrogens is 278 g/mol. The monoisotopic (exact) mass is 301 g/mol. The van der Waals surface area contributed by atoms with Gasteiger partial charge in [0.25, 0.3) is 0 Å². The zero-order chi connectivity index (χ0) is 15.4. The van der Waals surface area contributed by atoms with Crippen molar-refractivity contribution in [1.29, 1.82) is 0 Å². The molecule has 0 aliphatic heterocycles. The molecule has 0 unspecified atom stereocenters. The predicted molar refractivity (Wildman–Crippen MR) is 90.3 cm³/mol. The molecule has 2 rings (SSSR count). The van der Waals surface area contributed by atoms with Crippen molar-refractivity contribution in [2.45, 2.75) is 50.5 Å². The van der Waals surface area contributed by atoms with Crippen LogP contribution in [0.3, 0.4) is 0 Å². The Balaban J connectivity index is 2.42. The Morgan fingerprint density at radius 2 is 1.90 bits per heavy atom. The molecule has 0 fully saturated rings. The predicted octanol–water partition coefficient (Wildman–Crippen LogP) is 4.55. The maximum absolute atomic E-state index is 4.75. The van der Waals surface area contributed by atoms with E-state index in [0.29, 0.717) is 0 Å². The average Bonchev–Trinajstić information content (AvgIpc) is 2.46. The number of hydrogen-bond acceptors (Lipinski definition) is 4. The summed E-state index contributed by atoms with van der Waals surface area (Å²) >= 11 is 1.73. The molecule has 21 heavy (non-hydrogen) atoms. The SMILES string of the molecule is CCCc1nc(NC)c(C)c(Sc2cc(C)ccc2C)n1. The zero-order valence-corrected chi connectivity index (χ0v) is 14.3. The van der Waals surface area contributed by atoms with Gasteiger partial charge < -0.3 is 5.32 Å². The summed E-state index contributed by atoms with van der Waals surface area (Å²) in [5, 5.41) is 4.23. The molecule has 0 amide bonds. The second-order valence-electron chi connectivity index (χ2n) is 5.29. The maximum atomic E-state index is 4.75. The van der Waals surface area contributed by atoms with E-state index in [9.17, 15) is 0 Å². The molecule has 1 heterocycles. The highest BCUT2D eigenvalue weighted by Gasteiger charge is 2.12. The van der Waals surface area contributed by atoms with Crippen molar-refractivity contribution >= 4 is 17.6 Å². The first-order valence-electron chi connectivity index (χ1n) is 7.35. The van der Waals surface area contributed by atoms with Gasteiger partial charge in [0.2, 0.25) is 0 Å². The summed E-state index contributed by atoms with van der Waals surface area (Å²) in [6.07, 6.45) is 1.97. The largest absolute Gasteiger partial charge is 0.373 e. The number of aryl methyl sites for hydroxylation is 3. The van der Waals surface area contributed by atoms with Gasteiger partial charge in [-0.25, -0.2) is 9.97 Å². The minimum absolute atomic E-state index is 0.912. The van der Waals surface area contributed by atoms with Crippen LogP contribution >= 0.6 is 11.8 Å². The van der Waals surface area contributed by atoms with Crippen molar-refractivity contribution in [3.63, 3.8) is 0 Å². The molecule has 2 aromatic rings. The van der Waals surface area contributed by atoms with E-state index in [1.54, 1.807) is 11.8 Å². The van der Waals surface area contributed by atoms with Gasteiger partial charge in [-0.05, 0) is 44.4 Å². The van der Waals surface area contributed by atoms with E-state index in [0.717, 1.165) is 35.1 Å². The van der Waals surface area contributed by atoms with Gasteiger partial charge in [0.1, 0.15) is 16.7 Å². The lowest BCUT2D eigenvalue weighted by atomic mass is 10.2. The Morgan fingerprint density at radius 3 is 2.57 bits per heavy atom. The van der Waals surface area contributed by atoms with Crippen molar-refractivity contribution in [3.05, 3.63) is 40.7 Å². The molecule has 0 saturated carbocycles. The summed E-state index contributed by atoms with van der Waals surface area (Å²) in [6.45, 7) is 8.50. The summed E-state index contributed by atoms with van der Waals surface area (Å²) in [4.78, 5) is 10.6. The van der Waals surface area contributed by atoms with Crippen LogP contribution in [0.25, 0.3) is 0 Å². The number of benzene rings is 1. The molecule has 1 aromatic heterocycles. The topological polar surface area (TPSA) is 37.8 Å². The van der Waals surface area contributed by atoms with Crippen molar-refractivity contribution in [2.24, 2.45) is 0 Å². The van der Waals surface area contributed by atoms with Crippen molar-refractivity contribution in [2.75, 3.05) is 12.4 Å². The van der Waals surface area contributed by atoms with Crippen LogP contribution < -0.4 is 5.32 Å². The molecule has 112 valence electrons. The molecule has 0 bridgehead atoms. The van der Waals surface area contributed by atoms with E-state index < -0.39 is 0 Å². The fraction of sp³-hybridized carbons (Fsp3) is 0.412. The first-order chi connectivity index (χ1) is 10.0. The number of anilines is 1. The molecule has 3 nitrogen and oxygen atoms in total. The lowest BCUT2D eigenvalue weighted by molar-refractivity contribution is 0.804. The normalized spacial score (nSPS) is 10.7. The van der Waals surface area contributed by atoms with Crippen molar-refractivity contribution < 1.29 is 0 Å². The third-order valence-electron chi connectivity index (χ3n) is 3.41. The van der Waals surface area contributed by atoms with Crippen LogP contribution in [0.15, 0.2) is 28.1 Å². The Morgan fingerprint density at radius 1 is 1.14 bits per heavy atom. The molecule has 4 heteroatoms. The Labute approximate surface area is 131 Å². The van der Waals surface area contributed by atoms with Gasteiger partial charge in [0.15, 0.2) is 0 Å². The Hall–Kier alpha value is -1.55. The highest BCUT2D eigenvalue weighted by Crippen LogP contribution is 2.33. The minimum Gasteiger partial charge on any atom is -0.373 e. The summed E-state index contributed by atoms with van der Waals surface area (Å²) in [6, 6.07) is 6.54. The van der Waals surface area contributed by atoms with Crippen LogP contribution in [0.5, 0.6) is 0 Å². The van der Waals surface area contributed by atoms with E-state index >= 15 is 0 Å². The van der Waals surface area contributed by atoms with Gasteiger partial charge in [-0.1, -0.05) is 30.8 Å². The van der Waals surface area contributed by atoms with Gasteiger partial charge in [0.05, 0.1) is 0 Å². The van der Waals surface area contributed by atoms with Crippen LogP contribution in [0.2, 0.25) is 0 Å². The number of rotatable bonds is 5. The molecular formula is C17H23N3S. The van der Waals surface area contributed by atoms with E-state index in [1.807, 2.05) is 7.05 Å². The highest BCUT2D eigenvalue weighted by molar-refractivity contribution is 7.99. The highest BCUT2D eigenvalue weighted by atomic mass is 32.2. The van der Waals surface area contributed by atoms with E-state index in [-0.39, 0.29) is 0 Å². The summed E-state index contributed by atoms with van der Waals surface area (Å²) in [7, 11) is 1.91. The van der Waals surface area contributed by atoms with Crippen molar-refractivity contribution in [3.8, 4) is 0 Å². The maximum Gasteiger partial charge on any atom is 0.133 e. The molecule has 0 saturated heterocycles. The Bertz CT molecular complexity index is 638. The molecule has 1 aromatic carbocycles. The van der Waals surface area contributed by atoms with Gasteiger partial charge in [0, 0.05) is 23.9 Å². The summed E-state index contributed by atoms with van der Waals surface area (Å²) in [5.74, 6) is 1.85. The van der Waals surface area contributed by atoms with Crippen LogP contribution in [-0.4, -0.2) is 17.0 Å². The second-order valence-corrected chi connectivity index (χ2v) is 6.32. The Kier molecular flexibility index (Phi) is 5.23. The first kappa shape index (κ1) is 15.8. The number of hydrogen-bond donors (Lipinski definition) is 1. The van der Waals surface area contributed by atoms with Gasteiger partial charge in [-0.2, -0.15) is 0 Å². The molecule has 0 atom stereocenters. The standard InChI is InChI=1S/C17H23N3S/c1-6-7-15-19-16(18-5)13(4)17(20-15)21-14-10-11(2)8-9-12(14)3/h8-10H,6-7H2,1-5H3,(H,18,19,20). The second kappa shape index (κ2) is 6.94. The lowest BCUT2D eigenvalue weighted by Crippen LogP contribution is -2.04.